The largest absolute Gasteiger partial charge is 0.274 e. The number of imide groups is 1. The van der Waals surface area contributed by atoms with E-state index in [0.717, 1.165) is 6.42 Å². The maximum Gasteiger partial charge on any atom is 0.261 e. The molecule has 4 rings (SSSR count). The molecule has 0 N–H and O–H groups in total. The lowest BCUT2D eigenvalue weighted by atomic mass is 9.72. The van der Waals surface area contributed by atoms with Gasteiger partial charge in [-0.1, -0.05) is 74.9 Å². The minimum absolute atomic E-state index is 0.173. The van der Waals surface area contributed by atoms with Gasteiger partial charge in [-0.05, 0) is 72.8 Å². The van der Waals surface area contributed by atoms with Gasteiger partial charge in [0.1, 0.15) is 0 Å². The summed E-state index contributed by atoms with van der Waals surface area (Å²) in [5.74, 6) is -0.167. The highest BCUT2D eigenvalue weighted by atomic mass is 16.2. The molecule has 2 aromatic rings. The molecular formula is C29H33NO2. The summed E-state index contributed by atoms with van der Waals surface area (Å²) in [4.78, 5) is 26.7. The Kier molecular flexibility index (Phi) is 6.19. The highest BCUT2D eigenvalue weighted by Crippen LogP contribution is 2.41. The molecule has 1 unspecified atom stereocenters. The van der Waals surface area contributed by atoms with Crippen molar-refractivity contribution in [2.45, 2.75) is 53.4 Å². The molecule has 1 heterocycles. The highest BCUT2D eigenvalue weighted by molar-refractivity contribution is 6.21. The van der Waals surface area contributed by atoms with Crippen molar-refractivity contribution in [3.8, 4) is 0 Å². The van der Waals surface area contributed by atoms with Crippen molar-refractivity contribution in [2.75, 3.05) is 6.54 Å². The van der Waals surface area contributed by atoms with Crippen LogP contribution in [0, 0.1) is 11.3 Å². The predicted octanol–water partition coefficient (Wildman–Crippen LogP) is 6.70. The van der Waals surface area contributed by atoms with E-state index in [9.17, 15) is 9.59 Å². The van der Waals surface area contributed by atoms with Crippen LogP contribution in [0.25, 0.3) is 6.08 Å². The number of carbonyl (C=O) groups excluding carboxylic acids is 2. The molecule has 0 fully saturated rings. The summed E-state index contributed by atoms with van der Waals surface area (Å²) in [7, 11) is 0. The third-order valence-corrected chi connectivity index (χ3v) is 6.89. The van der Waals surface area contributed by atoms with Crippen LogP contribution in [-0.2, 0) is 6.42 Å². The Labute approximate surface area is 191 Å². The smallest absolute Gasteiger partial charge is 0.261 e. The predicted molar refractivity (Wildman–Crippen MR) is 130 cm³/mol. The van der Waals surface area contributed by atoms with E-state index < -0.39 is 0 Å². The lowest BCUT2D eigenvalue weighted by molar-refractivity contribution is 0.0632. The van der Waals surface area contributed by atoms with E-state index >= 15 is 0 Å². The molecule has 0 bridgehead atoms. The molecule has 32 heavy (non-hydrogen) atoms. The number of nitrogens with zero attached hydrogens (tertiary/aromatic N) is 1. The van der Waals surface area contributed by atoms with E-state index in [1.807, 2.05) is 12.1 Å². The molecule has 2 amide bonds. The number of hydrogen-bond acceptors (Lipinski definition) is 2. The third kappa shape index (κ3) is 4.48. The maximum absolute atomic E-state index is 12.7. The fraction of sp³-hybridized carbons (Fsp3) is 0.379. The van der Waals surface area contributed by atoms with E-state index in [2.05, 4.69) is 64.1 Å². The van der Waals surface area contributed by atoms with Gasteiger partial charge in [0.15, 0.2) is 0 Å². The standard InChI is InChI=1S/C29H33NO2/c1-20(19-30-27(31)24-12-5-6-13-25(24)28(30)32)17-23-11-7-10-22(18-23)14-15-26-21(2)9-8-16-29(26,3)4/h5-7,10-15,18,20H,8-9,16-17,19H2,1-4H3. The van der Waals surface area contributed by atoms with Gasteiger partial charge in [-0.15, -0.1) is 0 Å². The van der Waals surface area contributed by atoms with Crippen LogP contribution in [0.15, 0.2) is 65.8 Å². The van der Waals surface area contributed by atoms with Crippen LogP contribution in [-0.4, -0.2) is 23.3 Å². The Bertz CT molecular complexity index is 1070. The fourth-order valence-corrected chi connectivity index (χ4v) is 5.20. The molecule has 0 saturated heterocycles. The van der Waals surface area contributed by atoms with Crippen molar-refractivity contribution in [1.82, 2.24) is 4.90 Å². The van der Waals surface area contributed by atoms with Crippen molar-refractivity contribution in [1.29, 1.82) is 0 Å². The average Bonchev–Trinajstić information content (AvgIpc) is 2.98. The Morgan fingerprint density at radius 1 is 1.00 bits per heavy atom. The van der Waals surface area contributed by atoms with Gasteiger partial charge in [0.2, 0.25) is 0 Å². The minimum atomic E-state index is -0.173. The van der Waals surface area contributed by atoms with Gasteiger partial charge in [0, 0.05) is 6.54 Å². The van der Waals surface area contributed by atoms with Crippen LogP contribution < -0.4 is 0 Å². The van der Waals surface area contributed by atoms with Gasteiger partial charge in [-0.3, -0.25) is 14.5 Å². The first-order chi connectivity index (χ1) is 15.3. The number of rotatable bonds is 6. The third-order valence-electron chi connectivity index (χ3n) is 6.89. The summed E-state index contributed by atoms with van der Waals surface area (Å²) in [6, 6.07) is 15.7. The lowest BCUT2D eigenvalue weighted by Gasteiger charge is -2.32. The molecule has 1 aliphatic carbocycles. The normalized spacial score (nSPS) is 19.1. The van der Waals surface area contributed by atoms with E-state index in [0.29, 0.717) is 17.7 Å². The van der Waals surface area contributed by atoms with Crippen LogP contribution in [0.3, 0.4) is 0 Å². The Hall–Kier alpha value is -2.94. The maximum atomic E-state index is 12.7. The second-order valence-corrected chi connectivity index (χ2v) is 10.1. The highest BCUT2D eigenvalue weighted by Gasteiger charge is 2.35. The van der Waals surface area contributed by atoms with Gasteiger partial charge < -0.3 is 0 Å². The zero-order chi connectivity index (χ0) is 22.9. The van der Waals surface area contributed by atoms with Crippen molar-refractivity contribution < 1.29 is 9.59 Å². The van der Waals surface area contributed by atoms with Gasteiger partial charge in [0.05, 0.1) is 11.1 Å². The molecule has 2 aliphatic rings. The number of carbonyl (C=O) groups is 2. The van der Waals surface area contributed by atoms with E-state index in [1.54, 1.807) is 12.1 Å². The van der Waals surface area contributed by atoms with Crippen molar-refractivity contribution in [2.24, 2.45) is 11.3 Å². The van der Waals surface area contributed by atoms with E-state index in [4.69, 9.17) is 0 Å². The van der Waals surface area contributed by atoms with Crippen LogP contribution in [0.2, 0.25) is 0 Å². The first-order valence-electron chi connectivity index (χ1n) is 11.7. The number of amides is 2. The Balaban J connectivity index is 1.43. The summed E-state index contributed by atoms with van der Waals surface area (Å²) < 4.78 is 0. The molecule has 2 aromatic carbocycles. The second-order valence-electron chi connectivity index (χ2n) is 10.1. The van der Waals surface area contributed by atoms with E-state index in [1.165, 1.54) is 46.4 Å². The SMILES string of the molecule is CC1=C(C=Cc2cccc(CC(C)CN3C(=O)c4ccccc4C3=O)c2)C(C)(C)CCC1. The first-order valence-corrected chi connectivity index (χ1v) is 11.7. The summed E-state index contributed by atoms with van der Waals surface area (Å²) in [6.07, 6.45) is 9.05. The zero-order valence-corrected chi connectivity index (χ0v) is 19.7. The number of allylic oxidation sites excluding steroid dienone is 3. The summed E-state index contributed by atoms with van der Waals surface area (Å²) >= 11 is 0. The quantitative estimate of drug-likeness (QED) is 0.481. The number of benzene rings is 2. The van der Waals surface area contributed by atoms with Crippen LogP contribution in [0.5, 0.6) is 0 Å². The second kappa shape index (κ2) is 8.90. The zero-order valence-electron chi connectivity index (χ0n) is 19.7. The Morgan fingerprint density at radius 3 is 2.34 bits per heavy atom. The van der Waals surface area contributed by atoms with Gasteiger partial charge in [0.25, 0.3) is 11.8 Å². The Morgan fingerprint density at radius 2 is 1.69 bits per heavy atom. The molecule has 1 atom stereocenters. The monoisotopic (exact) mass is 427 g/mol. The average molecular weight is 428 g/mol. The minimum Gasteiger partial charge on any atom is -0.274 e. The van der Waals surface area contributed by atoms with Crippen LogP contribution in [0.1, 0.15) is 78.8 Å². The number of hydrogen-bond donors (Lipinski definition) is 0. The van der Waals surface area contributed by atoms with Crippen LogP contribution in [0.4, 0.5) is 0 Å². The summed E-state index contributed by atoms with van der Waals surface area (Å²) in [5.41, 5.74) is 6.66. The van der Waals surface area contributed by atoms with E-state index in [-0.39, 0.29) is 23.1 Å². The molecule has 0 aromatic heterocycles. The fourth-order valence-electron chi connectivity index (χ4n) is 5.20. The van der Waals surface area contributed by atoms with Crippen molar-refractivity contribution in [3.63, 3.8) is 0 Å². The topological polar surface area (TPSA) is 37.4 Å². The van der Waals surface area contributed by atoms with Crippen molar-refractivity contribution in [3.05, 3.63) is 88.0 Å². The van der Waals surface area contributed by atoms with Gasteiger partial charge in [-0.2, -0.15) is 0 Å². The van der Waals surface area contributed by atoms with Crippen molar-refractivity contribution >= 4 is 17.9 Å². The molecule has 0 saturated carbocycles. The molecule has 3 heteroatoms. The molecular weight excluding hydrogens is 394 g/mol. The molecule has 0 radical (unpaired) electrons. The molecule has 3 nitrogen and oxygen atoms in total. The number of fused-ring (bicyclic) bond motifs is 1. The van der Waals surface area contributed by atoms with Gasteiger partial charge >= 0.3 is 0 Å². The molecule has 166 valence electrons. The lowest BCUT2D eigenvalue weighted by Crippen LogP contribution is -2.34. The van der Waals surface area contributed by atoms with Gasteiger partial charge in [-0.25, -0.2) is 0 Å². The molecule has 0 spiro atoms. The molecule has 1 aliphatic heterocycles. The first kappa shape index (κ1) is 22.3. The van der Waals surface area contributed by atoms with Crippen LogP contribution >= 0.6 is 0 Å². The summed E-state index contributed by atoms with van der Waals surface area (Å²) in [5, 5.41) is 0. The summed E-state index contributed by atoms with van der Waals surface area (Å²) in [6.45, 7) is 9.48.